The average molecular weight is 343 g/mol. The predicted molar refractivity (Wildman–Crippen MR) is 90.1 cm³/mol. The summed E-state index contributed by atoms with van der Waals surface area (Å²) in [6.07, 6.45) is 4.03. The lowest BCUT2D eigenvalue weighted by Crippen LogP contribution is -2.17. The minimum Gasteiger partial charge on any atom is -0.376 e. The molecule has 0 bridgehead atoms. The lowest BCUT2D eigenvalue weighted by Gasteiger charge is -2.09. The zero-order chi connectivity index (χ0) is 16.4. The van der Waals surface area contributed by atoms with Crippen LogP contribution < -0.4 is 0 Å². The molecule has 0 spiro atoms. The Balaban J connectivity index is 1.43. The molecule has 0 radical (unpaired) electrons. The summed E-state index contributed by atoms with van der Waals surface area (Å²) in [5.41, 5.74) is 1.67. The van der Waals surface area contributed by atoms with E-state index in [0.717, 1.165) is 30.4 Å². The fraction of sp³-hybridized carbons (Fsp3) is 0.375. The zero-order valence-corrected chi connectivity index (χ0v) is 13.8. The lowest BCUT2D eigenvalue weighted by molar-refractivity contribution is 0.0912. The van der Waals surface area contributed by atoms with Crippen LogP contribution in [0, 0.1) is 0 Å². The number of carbonyl (C=O) groups is 1. The number of aromatic nitrogens is 5. The smallest absolute Gasteiger partial charge is 0.209 e. The van der Waals surface area contributed by atoms with Crippen LogP contribution in [0.4, 0.5) is 0 Å². The van der Waals surface area contributed by atoms with Crippen LogP contribution >= 0.6 is 11.8 Å². The summed E-state index contributed by atoms with van der Waals surface area (Å²) in [6.45, 7) is 1.44. The minimum absolute atomic E-state index is 0.0594. The Bertz CT molecular complexity index is 853. The molecule has 1 N–H and O–H groups in total. The molecule has 124 valence electrons. The number of rotatable bonds is 6. The number of para-hydroxylation sites is 1. The molecule has 0 aliphatic carbocycles. The van der Waals surface area contributed by atoms with Gasteiger partial charge in [0, 0.05) is 29.3 Å². The summed E-state index contributed by atoms with van der Waals surface area (Å²) < 4.78 is 7.34. The van der Waals surface area contributed by atoms with Crippen LogP contribution in [0.25, 0.3) is 10.9 Å². The number of aromatic amines is 1. The van der Waals surface area contributed by atoms with E-state index in [1.54, 1.807) is 10.9 Å². The lowest BCUT2D eigenvalue weighted by atomic mass is 10.1. The van der Waals surface area contributed by atoms with Crippen LogP contribution in [0.5, 0.6) is 0 Å². The van der Waals surface area contributed by atoms with Crippen molar-refractivity contribution in [1.82, 2.24) is 25.2 Å². The third kappa shape index (κ3) is 3.07. The monoisotopic (exact) mass is 343 g/mol. The molecule has 0 saturated carbocycles. The van der Waals surface area contributed by atoms with Gasteiger partial charge >= 0.3 is 0 Å². The van der Waals surface area contributed by atoms with Crippen molar-refractivity contribution in [3.8, 4) is 0 Å². The van der Waals surface area contributed by atoms with Crippen LogP contribution in [0.3, 0.4) is 0 Å². The summed E-state index contributed by atoms with van der Waals surface area (Å²) in [6, 6.07) is 7.79. The number of nitrogens with one attached hydrogen (secondary N) is 1. The van der Waals surface area contributed by atoms with Crippen molar-refractivity contribution in [3.63, 3.8) is 0 Å². The fourth-order valence-electron chi connectivity index (χ4n) is 2.91. The molecule has 3 aromatic rings. The molecule has 1 aromatic carbocycles. The van der Waals surface area contributed by atoms with Gasteiger partial charge in [-0.1, -0.05) is 30.0 Å². The molecule has 1 atom stereocenters. The molecule has 1 saturated heterocycles. The van der Waals surface area contributed by atoms with E-state index in [0.29, 0.717) is 23.0 Å². The molecular formula is C16H17N5O2S. The SMILES string of the molecule is O=C(CSc1nnnn1C[C@H]1CCCO1)c1c[nH]c2ccccc12. The second kappa shape index (κ2) is 6.74. The molecule has 7 nitrogen and oxygen atoms in total. The number of Topliss-reactive ketones (excluding diaryl/α,β-unsaturated/α-hetero) is 1. The van der Waals surface area contributed by atoms with Gasteiger partial charge in [0.15, 0.2) is 5.78 Å². The quantitative estimate of drug-likeness (QED) is 0.546. The topological polar surface area (TPSA) is 85.7 Å². The number of H-pyrrole nitrogens is 1. The second-order valence-electron chi connectivity index (χ2n) is 5.74. The number of fused-ring (bicyclic) bond motifs is 1. The highest BCUT2D eigenvalue weighted by molar-refractivity contribution is 7.99. The highest BCUT2D eigenvalue weighted by Crippen LogP contribution is 2.22. The van der Waals surface area contributed by atoms with Crippen LogP contribution in [-0.2, 0) is 11.3 Å². The molecule has 1 fully saturated rings. The van der Waals surface area contributed by atoms with Gasteiger partial charge < -0.3 is 9.72 Å². The van der Waals surface area contributed by atoms with Crippen LogP contribution in [0.15, 0.2) is 35.6 Å². The van der Waals surface area contributed by atoms with Gasteiger partial charge in [-0.2, -0.15) is 0 Å². The van der Waals surface area contributed by atoms with Crippen molar-refractivity contribution in [2.75, 3.05) is 12.4 Å². The maximum atomic E-state index is 12.5. The van der Waals surface area contributed by atoms with Gasteiger partial charge in [-0.15, -0.1) is 5.10 Å². The van der Waals surface area contributed by atoms with E-state index < -0.39 is 0 Å². The fourth-order valence-corrected chi connectivity index (χ4v) is 3.68. The van der Waals surface area contributed by atoms with Crippen molar-refractivity contribution in [3.05, 3.63) is 36.0 Å². The van der Waals surface area contributed by atoms with E-state index in [2.05, 4.69) is 20.5 Å². The van der Waals surface area contributed by atoms with Crippen molar-refractivity contribution >= 4 is 28.4 Å². The van der Waals surface area contributed by atoms with Crippen molar-refractivity contribution in [2.45, 2.75) is 30.6 Å². The zero-order valence-electron chi connectivity index (χ0n) is 13.0. The van der Waals surface area contributed by atoms with Gasteiger partial charge in [0.2, 0.25) is 5.16 Å². The van der Waals surface area contributed by atoms with E-state index in [9.17, 15) is 4.79 Å². The normalized spacial score (nSPS) is 17.6. The Labute approximate surface area is 142 Å². The van der Waals surface area contributed by atoms with Crippen molar-refractivity contribution < 1.29 is 9.53 Å². The first-order valence-electron chi connectivity index (χ1n) is 7.91. The van der Waals surface area contributed by atoms with Gasteiger partial charge in [-0.3, -0.25) is 4.79 Å². The molecule has 8 heteroatoms. The van der Waals surface area contributed by atoms with Gasteiger partial charge in [0.05, 0.1) is 18.4 Å². The number of hydrogen-bond donors (Lipinski definition) is 1. The third-order valence-corrected chi connectivity index (χ3v) is 5.08. The Morgan fingerprint density at radius 3 is 3.21 bits per heavy atom. The highest BCUT2D eigenvalue weighted by atomic mass is 32.2. The van der Waals surface area contributed by atoms with Crippen molar-refractivity contribution in [2.24, 2.45) is 0 Å². The first-order chi connectivity index (χ1) is 11.8. The summed E-state index contributed by atoms with van der Waals surface area (Å²) in [5, 5.41) is 13.4. The van der Waals surface area contributed by atoms with Gasteiger partial charge in [-0.05, 0) is 29.3 Å². The molecule has 0 amide bonds. The van der Waals surface area contributed by atoms with Gasteiger partial charge in [0.1, 0.15) is 0 Å². The van der Waals surface area contributed by atoms with E-state index in [4.69, 9.17) is 4.74 Å². The van der Waals surface area contributed by atoms with E-state index >= 15 is 0 Å². The molecule has 24 heavy (non-hydrogen) atoms. The average Bonchev–Trinajstić information content (AvgIpc) is 3.34. The maximum Gasteiger partial charge on any atom is 0.209 e. The molecule has 1 aliphatic heterocycles. The Kier molecular flexibility index (Phi) is 4.31. The molecule has 1 aliphatic rings. The Morgan fingerprint density at radius 2 is 2.33 bits per heavy atom. The standard InChI is InChI=1S/C16H17N5O2S/c22-15(13-8-17-14-6-2-1-5-12(13)14)10-24-16-18-19-20-21(16)9-11-4-3-7-23-11/h1-2,5-6,8,11,17H,3-4,7,9-10H2/t11-/m1/s1. The molecular weight excluding hydrogens is 326 g/mol. The first-order valence-corrected chi connectivity index (χ1v) is 8.90. The summed E-state index contributed by atoms with van der Waals surface area (Å²) in [5.74, 6) is 0.359. The Hall–Kier alpha value is -2.19. The van der Waals surface area contributed by atoms with E-state index in [1.807, 2.05) is 24.3 Å². The number of thioether (sulfide) groups is 1. The van der Waals surface area contributed by atoms with Gasteiger partial charge in [-0.25, -0.2) is 4.68 Å². The molecule has 0 unspecified atom stereocenters. The minimum atomic E-state index is 0.0594. The van der Waals surface area contributed by atoms with Crippen LogP contribution in [0.1, 0.15) is 23.2 Å². The number of ether oxygens (including phenoxy) is 1. The largest absolute Gasteiger partial charge is 0.376 e. The third-order valence-electron chi connectivity index (χ3n) is 4.12. The highest BCUT2D eigenvalue weighted by Gasteiger charge is 2.20. The number of hydrogen-bond acceptors (Lipinski definition) is 6. The summed E-state index contributed by atoms with van der Waals surface area (Å²) >= 11 is 1.36. The molecule has 2 aromatic heterocycles. The van der Waals surface area contributed by atoms with E-state index in [-0.39, 0.29) is 11.9 Å². The maximum absolute atomic E-state index is 12.5. The number of carbonyl (C=O) groups excluding carboxylic acids is 1. The van der Waals surface area contributed by atoms with Crippen LogP contribution in [-0.4, -0.2) is 49.4 Å². The second-order valence-corrected chi connectivity index (χ2v) is 6.68. The number of benzene rings is 1. The van der Waals surface area contributed by atoms with Crippen LogP contribution in [0.2, 0.25) is 0 Å². The van der Waals surface area contributed by atoms with Gasteiger partial charge in [0.25, 0.3) is 0 Å². The predicted octanol–water partition coefficient (Wildman–Crippen LogP) is 2.31. The first kappa shape index (κ1) is 15.3. The number of ketones is 1. The van der Waals surface area contributed by atoms with E-state index in [1.165, 1.54) is 11.8 Å². The van der Waals surface area contributed by atoms with Crippen molar-refractivity contribution in [1.29, 1.82) is 0 Å². The molecule has 4 rings (SSSR count). The summed E-state index contributed by atoms with van der Waals surface area (Å²) in [4.78, 5) is 15.7. The summed E-state index contributed by atoms with van der Waals surface area (Å²) in [7, 11) is 0. The Morgan fingerprint density at radius 1 is 1.42 bits per heavy atom. The number of nitrogens with zero attached hydrogens (tertiary/aromatic N) is 4. The molecule has 3 heterocycles. The number of tetrazole rings is 1.